The molecule has 9 rings (SSSR count). The lowest BCUT2D eigenvalue weighted by Gasteiger charge is -2.49. The number of thiazole rings is 1. The van der Waals surface area contributed by atoms with Crippen LogP contribution >= 0.6 is 34.9 Å². The second kappa shape index (κ2) is 20.7. The van der Waals surface area contributed by atoms with Gasteiger partial charge in [0.25, 0.3) is 11.8 Å². The number of fused-ring (bicyclic) bond motifs is 1. The monoisotopic (exact) mass is 943 g/mol. The Labute approximate surface area is 398 Å². The number of oxime groups is 1. The van der Waals surface area contributed by atoms with Crippen molar-refractivity contribution in [3.8, 4) is 0 Å². The van der Waals surface area contributed by atoms with E-state index in [0.29, 0.717) is 27.3 Å². The molecule has 0 aliphatic carbocycles. The number of allylic oxidation sites excluding steroid dienone is 1. The summed E-state index contributed by atoms with van der Waals surface area (Å²) < 4.78 is 7.77. The van der Waals surface area contributed by atoms with Crippen molar-refractivity contribution in [1.82, 2.24) is 35.4 Å². The quantitative estimate of drug-likeness (QED) is 0.0171. The van der Waals surface area contributed by atoms with Crippen molar-refractivity contribution in [3.05, 3.63) is 220 Å². The van der Waals surface area contributed by atoms with E-state index in [2.05, 4.69) is 67.7 Å². The van der Waals surface area contributed by atoms with E-state index in [1.807, 2.05) is 121 Å². The van der Waals surface area contributed by atoms with Crippen LogP contribution in [0.3, 0.4) is 0 Å². The number of nitrogens with one attached hydrogen (secondary N) is 2. The second-order valence-corrected chi connectivity index (χ2v) is 17.9. The molecule has 334 valence electrons. The van der Waals surface area contributed by atoms with Crippen molar-refractivity contribution in [2.45, 2.75) is 28.2 Å². The van der Waals surface area contributed by atoms with Crippen LogP contribution in [0.5, 0.6) is 0 Å². The summed E-state index contributed by atoms with van der Waals surface area (Å²) in [6.07, 6.45) is 4.93. The van der Waals surface area contributed by atoms with Gasteiger partial charge in [0.2, 0.25) is 5.16 Å². The number of carbonyl (C=O) groups excluding carboxylic acids is 3. The number of tetrazole rings is 1. The van der Waals surface area contributed by atoms with Crippen LogP contribution in [0, 0.1) is 0 Å². The standard InChI is InChI=1S/C50H41N9O5S3/c1-58-49(55-56-57-58)65-30-28-36-32-66-46-42(45(61)59(46)43(36)47(62)64-44(34-17-7-2-8-18-34)35-19-9-3-10-20-35)53-41(60)31-51-63-29-27-40-33-67-48(52-40)54-50(37-21-11-4-12-22-37,38-23-13-5-14-24-38)39-25-15-6-16-26-39/h2-31,33,42,44,46H,32H2,1H3,(H,52,54)(H,53,60)/b29-27+,30-28+,51-31+. The third kappa shape index (κ3) is 9.84. The lowest BCUT2D eigenvalue weighted by molar-refractivity contribution is -0.154. The van der Waals surface area contributed by atoms with Gasteiger partial charge in [-0.2, -0.15) is 0 Å². The summed E-state index contributed by atoms with van der Waals surface area (Å²) in [6.45, 7) is 0. The van der Waals surface area contributed by atoms with Crippen molar-refractivity contribution in [3.63, 3.8) is 0 Å². The molecule has 0 bridgehead atoms. The number of ether oxygens (including phenoxy) is 1. The van der Waals surface area contributed by atoms with E-state index in [0.717, 1.165) is 34.0 Å². The minimum atomic E-state index is -0.929. The van der Waals surface area contributed by atoms with Gasteiger partial charge < -0.3 is 20.2 Å². The van der Waals surface area contributed by atoms with E-state index in [4.69, 9.17) is 14.6 Å². The number of rotatable bonds is 17. The van der Waals surface area contributed by atoms with Crippen LogP contribution in [-0.2, 0) is 36.5 Å². The maximum atomic E-state index is 14.3. The second-order valence-electron chi connectivity index (χ2n) is 15.1. The van der Waals surface area contributed by atoms with Gasteiger partial charge >= 0.3 is 5.97 Å². The number of nitrogens with zero attached hydrogens (tertiary/aromatic N) is 7. The normalized spacial score (nSPS) is 16.1. The zero-order chi connectivity index (χ0) is 46.0. The number of amides is 2. The van der Waals surface area contributed by atoms with Gasteiger partial charge in [0.15, 0.2) is 11.2 Å². The molecule has 0 spiro atoms. The number of esters is 1. The average molecular weight is 944 g/mol. The Morgan fingerprint density at radius 1 is 0.836 bits per heavy atom. The third-order valence-electron chi connectivity index (χ3n) is 10.9. The fraction of sp³-hybridized carbons (Fsp3) is 0.120. The minimum Gasteiger partial charge on any atom is -0.448 e. The first-order valence-electron chi connectivity index (χ1n) is 21.0. The Kier molecular flexibility index (Phi) is 13.8. The SMILES string of the molecule is Cn1nnnc1S/C=C/C1=C(C(=O)OC(c2ccccc2)c2ccccc2)N2C(=O)C(NC(=O)/C=N/O/C=C/c3csc(NC(c4ccccc4)(c4ccccc4)c4ccccc4)n3)C2SC1. The molecule has 7 aromatic rings. The lowest BCUT2D eigenvalue weighted by atomic mass is 9.77. The maximum absolute atomic E-state index is 14.3. The molecule has 5 aromatic carbocycles. The van der Waals surface area contributed by atoms with E-state index in [1.54, 1.807) is 24.6 Å². The Hall–Kier alpha value is -7.60. The van der Waals surface area contributed by atoms with Crippen molar-refractivity contribution in [2.75, 3.05) is 11.1 Å². The summed E-state index contributed by atoms with van der Waals surface area (Å²) in [4.78, 5) is 52.8. The zero-order valence-electron chi connectivity index (χ0n) is 35.7. The highest BCUT2D eigenvalue weighted by atomic mass is 32.2. The molecular weight excluding hydrogens is 903 g/mol. The number of thioether (sulfide) groups is 2. The molecule has 2 aliphatic rings. The zero-order valence-corrected chi connectivity index (χ0v) is 38.2. The van der Waals surface area contributed by atoms with Crippen molar-refractivity contribution in [1.29, 1.82) is 0 Å². The smallest absolute Gasteiger partial charge is 0.356 e. The highest BCUT2D eigenvalue weighted by Gasteiger charge is 2.54. The van der Waals surface area contributed by atoms with E-state index >= 15 is 0 Å². The van der Waals surface area contributed by atoms with E-state index < -0.39 is 40.8 Å². The number of aryl methyl sites for hydroxylation is 1. The van der Waals surface area contributed by atoms with Crippen LogP contribution in [-0.4, -0.2) is 71.3 Å². The van der Waals surface area contributed by atoms with E-state index in [-0.39, 0.29) is 5.70 Å². The van der Waals surface area contributed by atoms with E-state index in [1.165, 1.54) is 50.7 Å². The molecule has 2 amide bonds. The topological polar surface area (TPSA) is 166 Å². The van der Waals surface area contributed by atoms with Gasteiger partial charge in [-0.3, -0.25) is 14.5 Å². The Bertz CT molecular complexity index is 2810. The molecule has 17 heteroatoms. The van der Waals surface area contributed by atoms with Crippen molar-refractivity contribution >= 4 is 70.1 Å². The number of carbonyl (C=O) groups is 3. The molecule has 1 saturated heterocycles. The number of hydrogen-bond acceptors (Lipinski definition) is 14. The summed E-state index contributed by atoms with van der Waals surface area (Å²) >= 11 is 4.12. The van der Waals surface area contributed by atoms with Crippen LogP contribution in [0.25, 0.3) is 6.08 Å². The molecule has 2 unspecified atom stereocenters. The molecule has 2 N–H and O–H groups in total. The van der Waals surface area contributed by atoms with Crippen LogP contribution in [0.15, 0.2) is 196 Å². The van der Waals surface area contributed by atoms with Gasteiger partial charge in [-0.1, -0.05) is 169 Å². The van der Waals surface area contributed by atoms with Gasteiger partial charge in [0.05, 0.1) is 5.69 Å². The summed E-state index contributed by atoms with van der Waals surface area (Å²) in [7, 11) is 1.72. The molecule has 0 radical (unpaired) electrons. The highest BCUT2D eigenvalue weighted by Crippen LogP contribution is 2.43. The molecule has 67 heavy (non-hydrogen) atoms. The molecule has 0 saturated carbocycles. The maximum Gasteiger partial charge on any atom is 0.356 e. The van der Waals surface area contributed by atoms with Gasteiger partial charge in [-0.15, -0.1) is 28.2 Å². The fourth-order valence-electron chi connectivity index (χ4n) is 7.77. The predicted molar refractivity (Wildman–Crippen MR) is 260 cm³/mol. The largest absolute Gasteiger partial charge is 0.448 e. The first-order chi connectivity index (χ1) is 32.9. The summed E-state index contributed by atoms with van der Waals surface area (Å²) in [5.74, 6) is -1.45. The van der Waals surface area contributed by atoms with Gasteiger partial charge in [0.1, 0.15) is 35.1 Å². The molecule has 4 heterocycles. The number of aromatic nitrogens is 5. The van der Waals surface area contributed by atoms with Crippen molar-refractivity contribution < 1.29 is 24.0 Å². The van der Waals surface area contributed by atoms with Gasteiger partial charge in [-0.25, -0.2) is 14.5 Å². The molecule has 1 fully saturated rings. The summed E-state index contributed by atoms with van der Waals surface area (Å²) in [6, 6.07) is 48.6. The number of β-lactam (4-membered cyclic amide) rings is 1. The summed E-state index contributed by atoms with van der Waals surface area (Å²) in [5.41, 5.74) is 5.22. The fourth-order valence-corrected chi connectivity index (χ4v) is 10.4. The van der Waals surface area contributed by atoms with Crippen LogP contribution in [0.2, 0.25) is 0 Å². The Balaban J connectivity index is 0.866. The molecular formula is C50H41N9O5S3. The minimum absolute atomic E-state index is 0.0949. The number of anilines is 1. The van der Waals surface area contributed by atoms with Crippen LogP contribution in [0.1, 0.15) is 39.6 Å². The van der Waals surface area contributed by atoms with E-state index in [9.17, 15) is 14.4 Å². The van der Waals surface area contributed by atoms with Crippen molar-refractivity contribution in [2.24, 2.45) is 12.2 Å². The molecule has 2 aliphatic heterocycles. The Morgan fingerprint density at radius 2 is 1.42 bits per heavy atom. The van der Waals surface area contributed by atoms with Crippen LogP contribution < -0.4 is 10.6 Å². The highest BCUT2D eigenvalue weighted by molar-refractivity contribution is 8.02. The first kappa shape index (κ1) is 44.6. The number of benzene rings is 5. The predicted octanol–water partition coefficient (Wildman–Crippen LogP) is 8.34. The number of hydrogen-bond donors (Lipinski definition) is 2. The third-order valence-corrected chi connectivity index (χ3v) is 13.8. The molecule has 2 aromatic heterocycles. The summed E-state index contributed by atoms with van der Waals surface area (Å²) in [5, 5.41) is 26.1. The molecule has 14 nitrogen and oxygen atoms in total. The van der Waals surface area contributed by atoms with Crippen LogP contribution in [0.4, 0.5) is 5.13 Å². The van der Waals surface area contributed by atoms with Gasteiger partial charge in [0, 0.05) is 24.3 Å². The van der Waals surface area contributed by atoms with Gasteiger partial charge in [-0.05, 0) is 55.3 Å². The lowest BCUT2D eigenvalue weighted by Crippen LogP contribution is -2.70. The first-order valence-corrected chi connectivity index (χ1v) is 23.8. The average Bonchev–Trinajstić information content (AvgIpc) is 4.02. The molecule has 2 atom stereocenters. The Morgan fingerprint density at radius 3 is 1.99 bits per heavy atom.